The smallest absolute Gasteiger partial charge is 0.245 e. The first-order valence-corrected chi connectivity index (χ1v) is 9.87. The van der Waals surface area contributed by atoms with Crippen LogP contribution >= 0.6 is 0 Å². The van der Waals surface area contributed by atoms with Gasteiger partial charge in [0.05, 0.1) is 11.1 Å². The molecular formula is C17H23N5O3S. The zero-order valence-corrected chi connectivity index (χ0v) is 15.7. The second kappa shape index (κ2) is 7.08. The van der Waals surface area contributed by atoms with Crippen LogP contribution in [-0.4, -0.2) is 54.1 Å². The Morgan fingerprint density at radius 2 is 1.81 bits per heavy atom. The first kappa shape index (κ1) is 18.4. The van der Waals surface area contributed by atoms with Gasteiger partial charge in [-0.2, -0.15) is 9.40 Å². The molecule has 1 fully saturated rings. The summed E-state index contributed by atoms with van der Waals surface area (Å²) in [6.07, 6.45) is 2.38. The van der Waals surface area contributed by atoms with E-state index < -0.39 is 15.6 Å². The highest BCUT2D eigenvalue weighted by atomic mass is 32.2. The summed E-state index contributed by atoms with van der Waals surface area (Å²) in [6, 6.07) is 10.2. The lowest BCUT2D eigenvalue weighted by molar-refractivity contribution is -0.126. The Morgan fingerprint density at radius 1 is 1.15 bits per heavy atom. The van der Waals surface area contributed by atoms with E-state index >= 15 is 0 Å². The monoisotopic (exact) mass is 377 g/mol. The van der Waals surface area contributed by atoms with E-state index in [1.165, 1.54) is 4.31 Å². The Kier molecular flexibility index (Phi) is 5.01. The molecule has 2 aromatic rings. The van der Waals surface area contributed by atoms with Crippen molar-refractivity contribution in [3.63, 3.8) is 0 Å². The molecule has 1 aliphatic rings. The normalized spacial score (nSPS) is 17.6. The van der Waals surface area contributed by atoms with Crippen LogP contribution in [0.2, 0.25) is 0 Å². The first-order chi connectivity index (χ1) is 12.4. The summed E-state index contributed by atoms with van der Waals surface area (Å²) in [7, 11) is -0.187. The molecule has 9 heteroatoms. The van der Waals surface area contributed by atoms with Crippen molar-refractivity contribution in [3.8, 4) is 0 Å². The largest absolute Gasteiger partial charge is 0.357 e. The molecule has 1 amide bonds. The van der Waals surface area contributed by atoms with Crippen LogP contribution in [0.1, 0.15) is 12.8 Å². The van der Waals surface area contributed by atoms with Gasteiger partial charge in [0.2, 0.25) is 15.9 Å². The molecule has 2 heterocycles. The number of aryl methyl sites for hydroxylation is 1. The minimum atomic E-state index is -3.56. The number of anilines is 1. The minimum absolute atomic E-state index is 0.157. The summed E-state index contributed by atoms with van der Waals surface area (Å²) < 4.78 is 28.7. The zero-order chi connectivity index (χ0) is 18.8. The molecule has 1 saturated heterocycles. The molecule has 26 heavy (non-hydrogen) atoms. The lowest BCUT2D eigenvalue weighted by atomic mass is 9.87. The summed E-state index contributed by atoms with van der Waals surface area (Å²) >= 11 is 0. The van der Waals surface area contributed by atoms with Crippen LogP contribution in [0.5, 0.6) is 0 Å². The molecule has 2 N–H and O–H groups in total. The molecule has 1 aromatic heterocycles. The lowest BCUT2D eigenvalue weighted by Crippen LogP contribution is -2.58. The fourth-order valence-electron chi connectivity index (χ4n) is 3.24. The Morgan fingerprint density at radius 3 is 2.35 bits per heavy atom. The number of piperidine rings is 1. The number of rotatable bonds is 5. The van der Waals surface area contributed by atoms with Gasteiger partial charge < -0.3 is 10.6 Å². The molecule has 0 atom stereocenters. The number of amides is 1. The number of hydrogen-bond acceptors (Lipinski definition) is 5. The van der Waals surface area contributed by atoms with Crippen molar-refractivity contribution >= 4 is 21.7 Å². The predicted molar refractivity (Wildman–Crippen MR) is 98.1 cm³/mol. The van der Waals surface area contributed by atoms with Gasteiger partial charge >= 0.3 is 0 Å². The molecule has 1 aliphatic heterocycles. The molecule has 0 bridgehead atoms. The number of carbonyl (C=O) groups is 1. The van der Waals surface area contributed by atoms with Crippen molar-refractivity contribution in [2.75, 3.05) is 25.5 Å². The van der Waals surface area contributed by atoms with Crippen LogP contribution < -0.4 is 10.6 Å². The van der Waals surface area contributed by atoms with Gasteiger partial charge in [-0.1, -0.05) is 18.2 Å². The van der Waals surface area contributed by atoms with Gasteiger partial charge in [0.1, 0.15) is 11.4 Å². The Balaban J connectivity index is 1.81. The van der Waals surface area contributed by atoms with Crippen molar-refractivity contribution in [2.24, 2.45) is 7.05 Å². The van der Waals surface area contributed by atoms with Crippen molar-refractivity contribution in [3.05, 3.63) is 42.6 Å². The average Bonchev–Trinajstić information content (AvgIpc) is 3.06. The minimum Gasteiger partial charge on any atom is -0.357 e. The number of likely N-dealkylation sites (N-methyl/N-ethyl adjacent to an activating group) is 1. The van der Waals surface area contributed by atoms with E-state index in [9.17, 15) is 13.2 Å². The average molecular weight is 377 g/mol. The third kappa shape index (κ3) is 3.32. The van der Waals surface area contributed by atoms with Gasteiger partial charge in [0.25, 0.3) is 0 Å². The molecule has 8 nitrogen and oxygen atoms in total. The Bertz CT molecular complexity index is 871. The number of sulfonamides is 1. The van der Waals surface area contributed by atoms with Crippen molar-refractivity contribution in [1.29, 1.82) is 0 Å². The zero-order valence-electron chi connectivity index (χ0n) is 14.8. The van der Waals surface area contributed by atoms with E-state index in [0.717, 1.165) is 0 Å². The highest BCUT2D eigenvalue weighted by Gasteiger charge is 2.44. The number of aromatic nitrogens is 2. The maximum Gasteiger partial charge on any atom is 0.245 e. The number of nitrogens with one attached hydrogen (secondary N) is 2. The quantitative estimate of drug-likeness (QED) is 0.804. The van der Waals surface area contributed by atoms with Gasteiger partial charge in [-0.25, -0.2) is 8.42 Å². The fraction of sp³-hybridized carbons (Fsp3) is 0.412. The number of benzene rings is 1. The Labute approximate surface area is 153 Å². The van der Waals surface area contributed by atoms with Crippen molar-refractivity contribution in [1.82, 2.24) is 19.4 Å². The van der Waals surface area contributed by atoms with Gasteiger partial charge in [-0.05, 0) is 25.0 Å². The number of hydrogen-bond donors (Lipinski definition) is 2. The molecule has 0 unspecified atom stereocenters. The first-order valence-electron chi connectivity index (χ1n) is 8.43. The molecule has 0 saturated carbocycles. The van der Waals surface area contributed by atoms with E-state index in [0.29, 0.717) is 18.7 Å². The van der Waals surface area contributed by atoms with Crippen LogP contribution in [0.4, 0.5) is 5.82 Å². The highest BCUT2D eigenvalue weighted by Crippen LogP contribution is 2.30. The van der Waals surface area contributed by atoms with Gasteiger partial charge in [-0.15, -0.1) is 0 Å². The standard InChI is InChI=1S/C17H23N5O3S/c1-18-16(23)17(20-15-8-11-19-21(15)2)9-12-22(13-10-17)26(24,25)14-6-4-3-5-7-14/h3-8,11,20H,9-10,12-13H2,1-2H3,(H,18,23). The summed E-state index contributed by atoms with van der Waals surface area (Å²) in [5.74, 6) is 0.559. The van der Waals surface area contributed by atoms with E-state index in [1.54, 1.807) is 61.4 Å². The second-order valence-electron chi connectivity index (χ2n) is 6.34. The molecule has 0 aliphatic carbocycles. The third-order valence-corrected chi connectivity index (χ3v) is 6.72. The molecule has 3 rings (SSSR count). The maximum absolute atomic E-state index is 12.8. The van der Waals surface area contributed by atoms with Crippen LogP contribution in [0.3, 0.4) is 0 Å². The van der Waals surface area contributed by atoms with Crippen LogP contribution in [-0.2, 0) is 21.9 Å². The van der Waals surface area contributed by atoms with Crippen LogP contribution in [0.15, 0.2) is 47.5 Å². The number of nitrogens with zero attached hydrogens (tertiary/aromatic N) is 3. The van der Waals surface area contributed by atoms with E-state index in [-0.39, 0.29) is 23.9 Å². The highest BCUT2D eigenvalue weighted by molar-refractivity contribution is 7.89. The molecule has 140 valence electrons. The number of carbonyl (C=O) groups excluding carboxylic acids is 1. The summed E-state index contributed by atoms with van der Waals surface area (Å²) in [6.45, 7) is 0.519. The second-order valence-corrected chi connectivity index (χ2v) is 8.28. The third-order valence-electron chi connectivity index (χ3n) is 4.81. The Hall–Kier alpha value is -2.39. The van der Waals surface area contributed by atoms with Gasteiger partial charge in [-0.3, -0.25) is 9.48 Å². The van der Waals surface area contributed by atoms with E-state index in [4.69, 9.17) is 0 Å². The fourth-order valence-corrected chi connectivity index (χ4v) is 4.70. The summed E-state index contributed by atoms with van der Waals surface area (Å²) in [5, 5.41) is 10.1. The molecule has 1 aromatic carbocycles. The topological polar surface area (TPSA) is 96.3 Å². The van der Waals surface area contributed by atoms with Crippen LogP contribution in [0, 0.1) is 0 Å². The maximum atomic E-state index is 12.8. The molecular weight excluding hydrogens is 354 g/mol. The van der Waals surface area contributed by atoms with E-state index in [2.05, 4.69) is 15.7 Å². The summed E-state index contributed by atoms with van der Waals surface area (Å²) in [4.78, 5) is 12.9. The molecule has 0 spiro atoms. The SMILES string of the molecule is CNC(=O)C1(Nc2ccnn2C)CCN(S(=O)(=O)c2ccccc2)CC1. The van der Waals surface area contributed by atoms with Gasteiger partial charge in [0.15, 0.2) is 0 Å². The van der Waals surface area contributed by atoms with Crippen molar-refractivity contribution in [2.45, 2.75) is 23.3 Å². The molecule has 0 radical (unpaired) electrons. The predicted octanol–water partition coefficient (Wildman–Crippen LogP) is 0.801. The van der Waals surface area contributed by atoms with E-state index in [1.807, 2.05) is 0 Å². The van der Waals surface area contributed by atoms with Crippen molar-refractivity contribution < 1.29 is 13.2 Å². The summed E-state index contributed by atoms with van der Waals surface area (Å²) in [5.41, 5.74) is -0.870. The van der Waals surface area contributed by atoms with Gasteiger partial charge in [0, 0.05) is 33.3 Å². The lowest BCUT2D eigenvalue weighted by Gasteiger charge is -2.40. The van der Waals surface area contributed by atoms with Crippen LogP contribution in [0.25, 0.3) is 0 Å².